The summed E-state index contributed by atoms with van der Waals surface area (Å²) in [6.07, 6.45) is 1.80. The van der Waals surface area contributed by atoms with Crippen LogP contribution in [0.15, 0.2) is 109 Å². The zero-order valence-electron chi connectivity index (χ0n) is 25.4. The van der Waals surface area contributed by atoms with Crippen molar-refractivity contribution in [2.75, 3.05) is 26.5 Å². The molecule has 236 valence electrons. The second kappa shape index (κ2) is 16.0. The van der Waals surface area contributed by atoms with Crippen molar-refractivity contribution in [1.29, 1.82) is 0 Å². The molecule has 0 fully saturated rings. The number of carbonyl (C=O) groups is 2. The molecule has 4 aromatic rings. The van der Waals surface area contributed by atoms with Crippen LogP contribution in [0.1, 0.15) is 22.3 Å². The number of nitrogens with one attached hydrogen (secondary N) is 1. The molecule has 2 amide bonds. The summed E-state index contributed by atoms with van der Waals surface area (Å²) in [5, 5.41) is 2.98. The molecule has 4 aromatic carbocycles. The van der Waals surface area contributed by atoms with Gasteiger partial charge in [0.1, 0.15) is 17.6 Å². The van der Waals surface area contributed by atoms with Crippen LogP contribution < -0.4 is 10.1 Å². The number of nitrogens with zero attached hydrogens (tertiary/aromatic N) is 2. The average Bonchev–Trinajstić information content (AvgIpc) is 3.04. The minimum Gasteiger partial charge on any atom is -0.497 e. The fourth-order valence-electron chi connectivity index (χ4n) is 4.90. The van der Waals surface area contributed by atoms with Crippen molar-refractivity contribution < 1.29 is 27.1 Å². The minimum atomic E-state index is -3.80. The van der Waals surface area contributed by atoms with Crippen molar-refractivity contribution in [2.24, 2.45) is 0 Å². The molecule has 1 N–H and O–H groups in total. The first-order valence-electron chi connectivity index (χ1n) is 14.6. The van der Waals surface area contributed by atoms with Crippen molar-refractivity contribution in [3.8, 4) is 5.75 Å². The highest BCUT2D eigenvalue weighted by Gasteiger charge is 2.32. The number of ether oxygens (including phenoxy) is 1. The first-order chi connectivity index (χ1) is 21.6. The van der Waals surface area contributed by atoms with Gasteiger partial charge in [0.2, 0.25) is 21.8 Å². The Morgan fingerprint density at radius 3 is 1.91 bits per heavy atom. The molecule has 0 bridgehead atoms. The molecule has 8 nitrogen and oxygen atoms in total. The molecule has 0 radical (unpaired) electrons. The van der Waals surface area contributed by atoms with E-state index in [1.54, 1.807) is 43.5 Å². The van der Waals surface area contributed by atoms with Gasteiger partial charge < -0.3 is 15.0 Å². The van der Waals surface area contributed by atoms with Crippen LogP contribution in [-0.2, 0) is 45.5 Å². The van der Waals surface area contributed by atoms with E-state index >= 15 is 0 Å². The third-order valence-electron chi connectivity index (χ3n) is 7.39. The largest absolute Gasteiger partial charge is 0.497 e. The fraction of sp³-hybridized carbons (Fsp3) is 0.257. The molecule has 45 heavy (non-hydrogen) atoms. The van der Waals surface area contributed by atoms with Gasteiger partial charge in [-0.2, -0.15) is 4.31 Å². The van der Waals surface area contributed by atoms with Crippen LogP contribution in [0.5, 0.6) is 5.75 Å². The number of sulfonamides is 1. The molecule has 0 unspecified atom stereocenters. The molecule has 4 rings (SSSR count). The Balaban J connectivity index is 1.62. The van der Waals surface area contributed by atoms with E-state index in [9.17, 15) is 22.4 Å². The number of amides is 2. The van der Waals surface area contributed by atoms with Gasteiger partial charge in [-0.15, -0.1) is 0 Å². The van der Waals surface area contributed by atoms with Gasteiger partial charge in [-0.05, 0) is 52.9 Å². The number of hydrogen-bond donors (Lipinski definition) is 1. The van der Waals surface area contributed by atoms with Crippen molar-refractivity contribution in [3.63, 3.8) is 0 Å². The maximum absolute atomic E-state index is 14.1. The van der Waals surface area contributed by atoms with Crippen molar-refractivity contribution >= 4 is 21.8 Å². The molecule has 1 atom stereocenters. The average molecular weight is 632 g/mol. The number of methoxy groups -OCH3 is 1. The van der Waals surface area contributed by atoms with Crippen LogP contribution in [0.2, 0.25) is 0 Å². The quantitative estimate of drug-likeness (QED) is 0.207. The van der Waals surface area contributed by atoms with Gasteiger partial charge >= 0.3 is 0 Å². The van der Waals surface area contributed by atoms with Crippen LogP contribution in [0.4, 0.5) is 4.39 Å². The minimum absolute atomic E-state index is 0.00674. The third kappa shape index (κ3) is 10.3. The number of halogens is 1. The first kappa shape index (κ1) is 33.4. The molecular formula is C35H38FN3O5S. The zero-order valence-corrected chi connectivity index (χ0v) is 26.3. The van der Waals surface area contributed by atoms with Gasteiger partial charge in [0.05, 0.1) is 19.9 Å². The Morgan fingerprint density at radius 2 is 1.33 bits per heavy atom. The third-order valence-corrected chi connectivity index (χ3v) is 8.59. The van der Waals surface area contributed by atoms with E-state index in [2.05, 4.69) is 5.32 Å². The summed E-state index contributed by atoms with van der Waals surface area (Å²) in [5.74, 6) is -0.625. The Morgan fingerprint density at radius 1 is 0.778 bits per heavy atom. The molecule has 0 heterocycles. The highest BCUT2D eigenvalue weighted by Crippen LogP contribution is 2.18. The smallest absolute Gasteiger partial charge is 0.243 e. The monoisotopic (exact) mass is 631 g/mol. The Labute approximate surface area is 264 Å². The maximum Gasteiger partial charge on any atom is 0.243 e. The van der Waals surface area contributed by atoms with E-state index in [0.29, 0.717) is 18.5 Å². The Hall–Kier alpha value is -4.54. The fourth-order valence-corrected chi connectivity index (χ4v) is 5.63. The first-order valence-corrected chi connectivity index (χ1v) is 16.4. The molecule has 0 spiro atoms. The predicted octanol–water partition coefficient (Wildman–Crippen LogP) is 4.59. The highest BCUT2D eigenvalue weighted by molar-refractivity contribution is 7.88. The Bertz CT molecular complexity index is 1630. The molecule has 0 aliphatic rings. The van der Waals surface area contributed by atoms with Gasteiger partial charge in [-0.1, -0.05) is 84.9 Å². The van der Waals surface area contributed by atoms with Gasteiger partial charge in [-0.3, -0.25) is 9.59 Å². The van der Waals surface area contributed by atoms with E-state index in [4.69, 9.17) is 4.74 Å². The summed E-state index contributed by atoms with van der Waals surface area (Å²) < 4.78 is 45.7. The van der Waals surface area contributed by atoms with E-state index in [0.717, 1.165) is 33.0 Å². The van der Waals surface area contributed by atoms with Crippen LogP contribution in [0.3, 0.4) is 0 Å². The number of rotatable bonds is 15. The van der Waals surface area contributed by atoms with Crippen molar-refractivity contribution in [2.45, 2.75) is 32.0 Å². The summed E-state index contributed by atoms with van der Waals surface area (Å²) in [5.41, 5.74) is 3.15. The Kier molecular flexibility index (Phi) is 11.8. The molecule has 0 aliphatic heterocycles. The normalized spacial score (nSPS) is 12.0. The molecule has 0 aliphatic carbocycles. The zero-order chi connectivity index (χ0) is 32.2. The number of carbonyl (C=O) groups excluding carboxylic acids is 2. The second-order valence-electron chi connectivity index (χ2n) is 10.8. The summed E-state index contributed by atoms with van der Waals surface area (Å²) >= 11 is 0. The van der Waals surface area contributed by atoms with E-state index in [1.807, 2.05) is 60.7 Å². The van der Waals surface area contributed by atoms with Gasteiger partial charge in [0, 0.05) is 26.1 Å². The van der Waals surface area contributed by atoms with Crippen LogP contribution >= 0.6 is 0 Å². The predicted molar refractivity (Wildman–Crippen MR) is 172 cm³/mol. The highest BCUT2D eigenvalue weighted by atomic mass is 32.2. The van der Waals surface area contributed by atoms with E-state index in [1.165, 1.54) is 17.0 Å². The standard InChI is InChI=1S/C35H38FN3O5S/c1-44-32-19-15-27(16-20-32)21-22-37-35(41)33(23-28-9-5-3-6-10-28)39(25-30-13-17-31(36)18-14-30)34(40)26-38(45(2,42)43)24-29-11-7-4-8-12-29/h3-20,33H,21-26H2,1-2H3,(H,37,41)/t33-/m0/s1. The van der Waals surface area contributed by atoms with E-state index in [-0.39, 0.29) is 25.4 Å². The molecule has 0 saturated heterocycles. The summed E-state index contributed by atoms with van der Waals surface area (Å²) in [6.45, 7) is -0.184. The van der Waals surface area contributed by atoms with Crippen molar-refractivity contribution in [3.05, 3.63) is 137 Å². The van der Waals surface area contributed by atoms with Crippen LogP contribution in [0.25, 0.3) is 0 Å². The molecule has 0 aromatic heterocycles. The lowest BCUT2D eigenvalue weighted by atomic mass is 10.0. The SMILES string of the molecule is COc1ccc(CCNC(=O)[C@H](Cc2ccccc2)N(Cc2ccc(F)cc2)C(=O)CN(Cc2ccccc2)S(C)(=O)=O)cc1. The van der Waals surface area contributed by atoms with Gasteiger partial charge in [0.25, 0.3) is 0 Å². The summed E-state index contributed by atoms with van der Waals surface area (Å²) in [7, 11) is -2.20. The number of hydrogen-bond acceptors (Lipinski definition) is 5. The maximum atomic E-state index is 14.1. The molecule has 0 saturated carbocycles. The van der Waals surface area contributed by atoms with Crippen LogP contribution in [0, 0.1) is 5.82 Å². The van der Waals surface area contributed by atoms with E-state index < -0.39 is 34.3 Å². The lowest BCUT2D eigenvalue weighted by Gasteiger charge is -2.33. The summed E-state index contributed by atoms with van der Waals surface area (Å²) in [4.78, 5) is 29.4. The lowest BCUT2D eigenvalue weighted by molar-refractivity contribution is -0.141. The lowest BCUT2D eigenvalue weighted by Crippen LogP contribution is -2.53. The van der Waals surface area contributed by atoms with Crippen LogP contribution in [-0.4, -0.2) is 61.9 Å². The second-order valence-corrected chi connectivity index (χ2v) is 12.7. The topological polar surface area (TPSA) is 96.0 Å². The van der Waals surface area contributed by atoms with Gasteiger partial charge in [0.15, 0.2) is 0 Å². The number of benzene rings is 4. The molecule has 10 heteroatoms. The van der Waals surface area contributed by atoms with Crippen molar-refractivity contribution in [1.82, 2.24) is 14.5 Å². The summed E-state index contributed by atoms with van der Waals surface area (Å²) in [6, 6.07) is 30.5. The van der Waals surface area contributed by atoms with Gasteiger partial charge in [-0.25, -0.2) is 12.8 Å². The molecular weight excluding hydrogens is 593 g/mol.